The summed E-state index contributed by atoms with van der Waals surface area (Å²) >= 11 is 1.10. The van der Waals surface area contributed by atoms with Gasteiger partial charge in [-0.1, -0.05) is 6.92 Å². The molecule has 1 aromatic heterocycles. The Morgan fingerprint density at radius 2 is 1.86 bits per heavy atom. The monoisotopic (exact) mass is 509 g/mol. The number of carbonyl (C=O) groups excluding carboxylic acids is 2. The summed E-state index contributed by atoms with van der Waals surface area (Å²) in [6.45, 7) is 0.223. The highest BCUT2D eigenvalue weighted by molar-refractivity contribution is 8.04. The maximum absolute atomic E-state index is 13.0. The van der Waals surface area contributed by atoms with E-state index in [9.17, 15) is 18.4 Å². The number of nitrogens with one attached hydrogen (secondary N) is 1. The lowest BCUT2D eigenvalue weighted by Crippen LogP contribution is -2.28. The topological polar surface area (TPSA) is 109 Å². The Kier molecular flexibility index (Phi) is 9.38. The molecule has 1 N–H and O–H groups in total. The highest BCUT2D eigenvalue weighted by Crippen LogP contribution is 2.36. The fraction of sp³-hybridized carbons (Fsp3) is 0.391. The van der Waals surface area contributed by atoms with Gasteiger partial charge in [0.25, 0.3) is 0 Å². The molecule has 12 heteroatoms. The first-order valence-electron chi connectivity index (χ1n) is 10.6. The summed E-state index contributed by atoms with van der Waals surface area (Å²) in [5.74, 6) is -0.0565. The number of nitrogens with zero attached hydrogens (tertiary/aromatic N) is 2. The zero-order valence-electron chi connectivity index (χ0n) is 19.4. The van der Waals surface area contributed by atoms with E-state index in [2.05, 4.69) is 15.3 Å². The Labute approximate surface area is 204 Å². The van der Waals surface area contributed by atoms with Crippen molar-refractivity contribution in [2.24, 2.45) is 0 Å². The predicted octanol–water partition coefficient (Wildman–Crippen LogP) is 3.40. The summed E-state index contributed by atoms with van der Waals surface area (Å²) in [6, 6.07) is 3.32. The second-order valence-electron chi connectivity index (χ2n) is 7.10. The zero-order valence-corrected chi connectivity index (χ0v) is 20.2. The standard InChI is InChI=1S/C23H25F2N3O6S/c1-4-35-22-20(16(29)9-19(21(22)30)34-13(10-24)11-25)28-23-14-7-17(32-3)18(33-6-5-31-2)8-15(14)26-12-27-23/h7-9,12-13H,4-6,10-11H2,1-3H3,(H,26,27,28). The van der Waals surface area contributed by atoms with Crippen LogP contribution in [0, 0.1) is 0 Å². The Morgan fingerprint density at radius 1 is 1.09 bits per heavy atom. The molecule has 3 rings (SSSR count). The maximum Gasteiger partial charge on any atom is 0.236 e. The van der Waals surface area contributed by atoms with Gasteiger partial charge in [-0.05, 0) is 11.8 Å². The van der Waals surface area contributed by atoms with Crippen LogP contribution in [0.5, 0.6) is 11.5 Å². The number of hydrogen-bond donors (Lipinski definition) is 1. The van der Waals surface area contributed by atoms with Crippen LogP contribution in [0.15, 0.2) is 40.9 Å². The highest BCUT2D eigenvalue weighted by atomic mass is 32.2. The van der Waals surface area contributed by atoms with Crippen molar-refractivity contribution < 1.29 is 37.3 Å². The Hall–Kier alpha value is -3.25. The van der Waals surface area contributed by atoms with Crippen LogP contribution in [0.3, 0.4) is 0 Å². The van der Waals surface area contributed by atoms with Crippen molar-refractivity contribution in [1.29, 1.82) is 0 Å². The third-order valence-corrected chi connectivity index (χ3v) is 5.77. The summed E-state index contributed by atoms with van der Waals surface area (Å²) in [5, 5.41) is 3.45. The van der Waals surface area contributed by atoms with E-state index < -0.39 is 36.8 Å². The predicted molar refractivity (Wildman–Crippen MR) is 127 cm³/mol. The number of hydrogen-bond acceptors (Lipinski definition) is 10. The number of carbonyl (C=O) groups is 2. The number of Topliss-reactive ketones (excluding diaryl/α,β-unsaturated/α-hetero) is 1. The minimum absolute atomic E-state index is 0.0226. The molecule has 0 unspecified atom stereocenters. The van der Waals surface area contributed by atoms with Crippen LogP contribution < -0.4 is 14.8 Å². The van der Waals surface area contributed by atoms with E-state index in [0.29, 0.717) is 41.4 Å². The highest BCUT2D eigenvalue weighted by Gasteiger charge is 2.32. The molecule has 35 heavy (non-hydrogen) atoms. The molecule has 1 heterocycles. The Morgan fingerprint density at radius 3 is 2.51 bits per heavy atom. The molecule has 0 radical (unpaired) electrons. The molecule has 0 fully saturated rings. The van der Waals surface area contributed by atoms with Gasteiger partial charge < -0.3 is 24.3 Å². The number of allylic oxidation sites excluding steroid dienone is 2. The first-order valence-corrected chi connectivity index (χ1v) is 11.6. The summed E-state index contributed by atoms with van der Waals surface area (Å²) < 4.78 is 47.0. The van der Waals surface area contributed by atoms with Crippen LogP contribution in [0.25, 0.3) is 10.9 Å². The third-order valence-electron chi connectivity index (χ3n) is 4.80. The van der Waals surface area contributed by atoms with Crippen molar-refractivity contribution >= 4 is 40.0 Å². The van der Waals surface area contributed by atoms with Gasteiger partial charge in [-0.3, -0.25) is 9.59 Å². The van der Waals surface area contributed by atoms with Crippen LogP contribution in [0.1, 0.15) is 6.92 Å². The smallest absolute Gasteiger partial charge is 0.236 e. The minimum atomic E-state index is -1.46. The van der Waals surface area contributed by atoms with Crippen molar-refractivity contribution in [3.8, 4) is 11.5 Å². The lowest BCUT2D eigenvalue weighted by Gasteiger charge is -2.22. The van der Waals surface area contributed by atoms with Gasteiger partial charge in [0.05, 0.1) is 24.1 Å². The molecule has 0 saturated heterocycles. The second kappa shape index (κ2) is 12.5. The number of benzene rings is 1. The van der Waals surface area contributed by atoms with E-state index in [0.717, 1.165) is 17.8 Å². The Balaban J connectivity index is 1.98. The van der Waals surface area contributed by atoms with Crippen LogP contribution in [0.2, 0.25) is 0 Å². The lowest BCUT2D eigenvalue weighted by molar-refractivity contribution is -0.119. The lowest BCUT2D eigenvalue weighted by atomic mass is 10.1. The number of halogens is 2. The van der Waals surface area contributed by atoms with Crippen LogP contribution in [-0.4, -0.2) is 74.2 Å². The van der Waals surface area contributed by atoms with Crippen LogP contribution >= 0.6 is 11.8 Å². The number of fused-ring (bicyclic) bond motifs is 1. The van der Waals surface area contributed by atoms with Crippen LogP contribution in [0.4, 0.5) is 14.6 Å². The average Bonchev–Trinajstić information content (AvgIpc) is 2.87. The van der Waals surface area contributed by atoms with Gasteiger partial charge in [-0.25, -0.2) is 18.7 Å². The Bertz CT molecular complexity index is 1150. The van der Waals surface area contributed by atoms with Gasteiger partial charge in [-0.15, -0.1) is 11.8 Å². The molecular formula is C23H25F2N3O6S. The molecule has 2 aromatic rings. The number of anilines is 1. The first kappa shape index (κ1) is 26.4. The largest absolute Gasteiger partial charge is 0.493 e. The molecule has 188 valence electrons. The van der Waals surface area contributed by atoms with E-state index in [-0.39, 0.29) is 16.4 Å². The molecule has 9 nitrogen and oxygen atoms in total. The minimum Gasteiger partial charge on any atom is -0.493 e. The SMILES string of the molecule is CCSC1=C(Nc2ncnc3cc(OCCOC)c(OC)cc23)C(=O)C=C(OC(CF)CF)C1=O. The van der Waals surface area contributed by atoms with E-state index >= 15 is 0 Å². The molecule has 0 spiro atoms. The van der Waals surface area contributed by atoms with E-state index in [1.54, 1.807) is 26.2 Å². The second-order valence-corrected chi connectivity index (χ2v) is 8.37. The van der Waals surface area contributed by atoms with Crippen molar-refractivity contribution in [3.63, 3.8) is 0 Å². The number of ether oxygens (including phenoxy) is 4. The fourth-order valence-electron chi connectivity index (χ4n) is 3.16. The number of ketones is 2. The molecular weight excluding hydrogens is 484 g/mol. The molecule has 0 atom stereocenters. The van der Waals surface area contributed by atoms with Gasteiger partial charge in [0.2, 0.25) is 11.6 Å². The summed E-state index contributed by atoms with van der Waals surface area (Å²) in [7, 11) is 3.05. The number of rotatable bonds is 13. The molecule has 0 saturated carbocycles. The van der Waals surface area contributed by atoms with Crippen LogP contribution in [-0.2, 0) is 19.1 Å². The van der Waals surface area contributed by atoms with Crippen molar-refractivity contribution in [3.05, 3.63) is 40.9 Å². The number of aromatic nitrogens is 2. The quantitative estimate of drug-likeness (QED) is 0.319. The van der Waals surface area contributed by atoms with Crippen molar-refractivity contribution in [2.45, 2.75) is 13.0 Å². The van der Waals surface area contributed by atoms with Gasteiger partial charge >= 0.3 is 0 Å². The molecule has 0 amide bonds. The van der Waals surface area contributed by atoms with Gasteiger partial charge in [-0.2, -0.15) is 0 Å². The molecule has 0 aliphatic heterocycles. The maximum atomic E-state index is 13.0. The number of thioether (sulfide) groups is 1. The summed E-state index contributed by atoms with van der Waals surface area (Å²) in [5.41, 5.74) is 0.481. The molecule has 1 aliphatic rings. The van der Waals surface area contributed by atoms with Gasteiger partial charge in [0.15, 0.2) is 23.4 Å². The summed E-state index contributed by atoms with van der Waals surface area (Å²) in [4.78, 5) is 34.5. The zero-order chi connectivity index (χ0) is 25.4. The van der Waals surface area contributed by atoms with E-state index in [4.69, 9.17) is 18.9 Å². The molecule has 1 aromatic carbocycles. The van der Waals surface area contributed by atoms with Gasteiger partial charge in [0.1, 0.15) is 37.8 Å². The van der Waals surface area contributed by atoms with Crippen molar-refractivity contribution in [1.82, 2.24) is 9.97 Å². The summed E-state index contributed by atoms with van der Waals surface area (Å²) in [6.07, 6.45) is 0.767. The normalized spacial score (nSPS) is 13.9. The number of methoxy groups -OCH3 is 2. The molecule has 0 bridgehead atoms. The van der Waals surface area contributed by atoms with E-state index in [1.165, 1.54) is 13.4 Å². The average molecular weight is 510 g/mol. The number of alkyl halides is 2. The molecule has 1 aliphatic carbocycles. The van der Waals surface area contributed by atoms with Gasteiger partial charge in [0, 0.05) is 24.6 Å². The fourth-order valence-corrected chi connectivity index (χ4v) is 3.97. The third kappa shape index (κ3) is 6.06. The van der Waals surface area contributed by atoms with E-state index in [1.807, 2.05) is 0 Å². The first-order chi connectivity index (χ1) is 17.0. The van der Waals surface area contributed by atoms with Crippen molar-refractivity contribution in [2.75, 3.05) is 51.9 Å².